The van der Waals surface area contributed by atoms with Gasteiger partial charge in [0, 0.05) is 23.7 Å². The van der Waals surface area contributed by atoms with Crippen LogP contribution in [0.25, 0.3) is 0 Å². The van der Waals surface area contributed by atoms with Crippen LogP contribution in [-0.4, -0.2) is 28.0 Å². The molecule has 2 rings (SSSR count). The highest BCUT2D eigenvalue weighted by molar-refractivity contribution is 7.99. The average Bonchev–Trinajstić information content (AvgIpc) is 2.61. The predicted octanol–water partition coefficient (Wildman–Crippen LogP) is 2.11. The molecule has 1 aromatic rings. The number of thioether (sulfide) groups is 1. The van der Waals surface area contributed by atoms with Gasteiger partial charge in [-0.15, -0.1) is 0 Å². The van der Waals surface area contributed by atoms with Gasteiger partial charge in [-0.05, 0) is 6.92 Å². The fourth-order valence-electron chi connectivity index (χ4n) is 1.69. The van der Waals surface area contributed by atoms with Crippen LogP contribution in [0.2, 0.25) is 0 Å². The van der Waals surface area contributed by atoms with Crippen LogP contribution in [-0.2, 0) is 6.18 Å². The first-order chi connectivity index (χ1) is 7.48. The van der Waals surface area contributed by atoms with Gasteiger partial charge < -0.3 is 10.3 Å². The third kappa shape index (κ3) is 2.35. The molecule has 1 aliphatic rings. The number of aromatic amines is 1. The van der Waals surface area contributed by atoms with E-state index in [9.17, 15) is 13.2 Å². The molecule has 1 fully saturated rings. The van der Waals surface area contributed by atoms with E-state index in [1.165, 1.54) is 0 Å². The molecule has 3 nitrogen and oxygen atoms in total. The minimum absolute atomic E-state index is 0.0777. The number of halogens is 3. The van der Waals surface area contributed by atoms with Crippen molar-refractivity contribution in [3.05, 3.63) is 17.2 Å². The summed E-state index contributed by atoms with van der Waals surface area (Å²) in [5.41, 5.74) is 0.979. The van der Waals surface area contributed by atoms with Crippen molar-refractivity contribution >= 4 is 11.8 Å². The van der Waals surface area contributed by atoms with Crippen molar-refractivity contribution in [2.24, 2.45) is 0 Å². The minimum Gasteiger partial charge on any atom is -0.338 e. The lowest BCUT2D eigenvalue weighted by Gasteiger charge is -2.21. The van der Waals surface area contributed by atoms with E-state index < -0.39 is 12.0 Å². The molecular formula is C9H12F3N3S. The quantitative estimate of drug-likeness (QED) is 0.803. The molecule has 1 saturated heterocycles. The van der Waals surface area contributed by atoms with E-state index >= 15 is 0 Å². The second-order valence-corrected chi connectivity index (χ2v) is 4.82. The van der Waals surface area contributed by atoms with Crippen LogP contribution in [0.3, 0.4) is 0 Å². The third-order valence-corrected chi connectivity index (χ3v) is 3.50. The largest absolute Gasteiger partial charge is 0.449 e. The first kappa shape index (κ1) is 11.8. The monoisotopic (exact) mass is 251 g/mol. The van der Waals surface area contributed by atoms with Crippen LogP contribution in [0.1, 0.15) is 23.3 Å². The summed E-state index contributed by atoms with van der Waals surface area (Å²) >= 11 is 1.73. The van der Waals surface area contributed by atoms with Gasteiger partial charge >= 0.3 is 6.18 Å². The zero-order valence-electron chi connectivity index (χ0n) is 8.69. The SMILES string of the molecule is Cc1[nH]c(C(F)(F)F)nc1C1CSCCN1. The zero-order valence-corrected chi connectivity index (χ0v) is 9.50. The third-order valence-electron chi connectivity index (χ3n) is 2.44. The van der Waals surface area contributed by atoms with Crippen LogP contribution < -0.4 is 5.32 Å². The van der Waals surface area contributed by atoms with E-state index in [0.717, 1.165) is 18.1 Å². The summed E-state index contributed by atoms with van der Waals surface area (Å²) in [6.07, 6.45) is -4.40. The maximum atomic E-state index is 12.4. The van der Waals surface area contributed by atoms with E-state index in [0.29, 0.717) is 11.4 Å². The Hall–Kier alpha value is -0.690. The molecule has 1 aliphatic heterocycles. The standard InChI is InChI=1S/C9H12F3N3S/c1-5-7(6-4-16-3-2-13-6)15-8(14-5)9(10,11)12/h6,13H,2-4H2,1H3,(H,14,15). The summed E-state index contributed by atoms with van der Waals surface area (Å²) in [6, 6.07) is -0.0777. The van der Waals surface area contributed by atoms with Crippen LogP contribution in [0.5, 0.6) is 0 Å². The Balaban J connectivity index is 2.24. The molecular weight excluding hydrogens is 239 g/mol. The van der Waals surface area contributed by atoms with E-state index in [4.69, 9.17) is 0 Å². The smallest absolute Gasteiger partial charge is 0.338 e. The van der Waals surface area contributed by atoms with Crippen LogP contribution in [0.4, 0.5) is 13.2 Å². The lowest BCUT2D eigenvalue weighted by Crippen LogP contribution is -2.31. The van der Waals surface area contributed by atoms with Crippen molar-refractivity contribution < 1.29 is 13.2 Å². The number of hydrogen-bond donors (Lipinski definition) is 2. The second kappa shape index (κ2) is 4.29. The molecule has 1 unspecified atom stereocenters. The van der Waals surface area contributed by atoms with Gasteiger partial charge in [-0.2, -0.15) is 24.9 Å². The molecule has 2 N–H and O–H groups in total. The van der Waals surface area contributed by atoms with Gasteiger partial charge in [-0.1, -0.05) is 0 Å². The van der Waals surface area contributed by atoms with Gasteiger partial charge in [-0.3, -0.25) is 0 Å². The van der Waals surface area contributed by atoms with Gasteiger partial charge in [0.25, 0.3) is 0 Å². The topological polar surface area (TPSA) is 40.7 Å². The number of imidazole rings is 1. The number of nitrogens with one attached hydrogen (secondary N) is 2. The first-order valence-corrected chi connectivity index (χ1v) is 6.09. The fourth-order valence-corrected chi connectivity index (χ4v) is 2.63. The summed E-state index contributed by atoms with van der Waals surface area (Å²) in [6.45, 7) is 2.43. The first-order valence-electron chi connectivity index (χ1n) is 4.93. The lowest BCUT2D eigenvalue weighted by molar-refractivity contribution is -0.144. The Morgan fingerprint density at radius 1 is 1.44 bits per heavy atom. The highest BCUT2D eigenvalue weighted by Crippen LogP contribution is 2.30. The Labute approximate surface area is 95.2 Å². The molecule has 0 radical (unpaired) electrons. The summed E-state index contributed by atoms with van der Waals surface area (Å²) < 4.78 is 37.3. The van der Waals surface area contributed by atoms with Crippen molar-refractivity contribution in [3.8, 4) is 0 Å². The van der Waals surface area contributed by atoms with E-state index in [1.54, 1.807) is 18.7 Å². The number of aromatic nitrogens is 2. The Morgan fingerprint density at radius 2 is 2.19 bits per heavy atom. The molecule has 90 valence electrons. The van der Waals surface area contributed by atoms with Crippen LogP contribution >= 0.6 is 11.8 Å². The van der Waals surface area contributed by atoms with E-state index in [-0.39, 0.29) is 6.04 Å². The molecule has 0 aliphatic carbocycles. The molecule has 0 aromatic carbocycles. The number of aryl methyl sites for hydroxylation is 1. The predicted molar refractivity (Wildman–Crippen MR) is 56.4 cm³/mol. The van der Waals surface area contributed by atoms with Gasteiger partial charge in [0.1, 0.15) is 0 Å². The molecule has 0 spiro atoms. The van der Waals surface area contributed by atoms with Crippen molar-refractivity contribution in [2.45, 2.75) is 19.1 Å². The lowest BCUT2D eigenvalue weighted by atomic mass is 10.2. The van der Waals surface area contributed by atoms with Crippen molar-refractivity contribution in [1.29, 1.82) is 0 Å². The number of alkyl halides is 3. The van der Waals surface area contributed by atoms with Gasteiger partial charge in [0.05, 0.1) is 11.7 Å². The fraction of sp³-hybridized carbons (Fsp3) is 0.667. The van der Waals surface area contributed by atoms with Gasteiger partial charge in [0.2, 0.25) is 5.82 Å². The molecule has 7 heteroatoms. The Kier molecular flexibility index (Phi) is 3.16. The Bertz CT molecular complexity index is 369. The average molecular weight is 251 g/mol. The molecule has 1 aromatic heterocycles. The van der Waals surface area contributed by atoms with Crippen molar-refractivity contribution in [3.63, 3.8) is 0 Å². The van der Waals surface area contributed by atoms with Crippen LogP contribution in [0.15, 0.2) is 0 Å². The highest BCUT2D eigenvalue weighted by atomic mass is 32.2. The van der Waals surface area contributed by atoms with E-state index in [2.05, 4.69) is 15.3 Å². The van der Waals surface area contributed by atoms with Crippen molar-refractivity contribution in [1.82, 2.24) is 15.3 Å². The second-order valence-electron chi connectivity index (χ2n) is 3.68. The highest BCUT2D eigenvalue weighted by Gasteiger charge is 2.36. The molecule has 1 atom stereocenters. The number of H-pyrrole nitrogens is 1. The van der Waals surface area contributed by atoms with Gasteiger partial charge in [-0.25, -0.2) is 4.98 Å². The Morgan fingerprint density at radius 3 is 2.69 bits per heavy atom. The number of nitrogens with zero attached hydrogens (tertiary/aromatic N) is 1. The molecule has 16 heavy (non-hydrogen) atoms. The molecule has 2 heterocycles. The maximum Gasteiger partial charge on any atom is 0.449 e. The molecule has 0 saturated carbocycles. The molecule has 0 amide bonds. The normalized spacial score (nSPS) is 22.4. The van der Waals surface area contributed by atoms with Gasteiger partial charge in [0.15, 0.2) is 0 Å². The number of hydrogen-bond acceptors (Lipinski definition) is 3. The van der Waals surface area contributed by atoms with Crippen molar-refractivity contribution in [2.75, 3.05) is 18.1 Å². The minimum atomic E-state index is -4.40. The van der Waals surface area contributed by atoms with Crippen LogP contribution in [0, 0.1) is 6.92 Å². The summed E-state index contributed by atoms with van der Waals surface area (Å²) in [5, 5.41) is 3.17. The number of rotatable bonds is 1. The summed E-state index contributed by atoms with van der Waals surface area (Å²) in [5.74, 6) is 0.854. The summed E-state index contributed by atoms with van der Waals surface area (Å²) in [7, 11) is 0. The summed E-state index contributed by atoms with van der Waals surface area (Å²) in [4.78, 5) is 5.94. The maximum absolute atomic E-state index is 12.4. The molecule has 0 bridgehead atoms. The van der Waals surface area contributed by atoms with E-state index in [1.807, 2.05) is 0 Å². The zero-order chi connectivity index (χ0) is 11.8.